The van der Waals surface area contributed by atoms with Gasteiger partial charge in [0.05, 0.1) is 24.8 Å². The van der Waals surface area contributed by atoms with Crippen LogP contribution in [0.3, 0.4) is 0 Å². The average molecular weight is 251 g/mol. The summed E-state index contributed by atoms with van der Waals surface area (Å²) < 4.78 is 8.03. The van der Waals surface area contributed by atoms with E-state index in [0.717, 1.165) is 32.2 Å². The van der Waals surface area contributed by atoms with Gasteiger partial charge in [0.15, 0.2) is 0 Å². The molecule has 0 amide bonds. The molecule has 1 saturated heterocycles. The Bertz CT molecular complexity index is 343. The molecule has 0 aromatic carbocycles. The van der Waals surface area contributed by atoms with Crippen molar-refractivity contribution in [2.45, 2.75) is 45.8 Å². The summed E-state index contributed by atoms with van der Waals surface area (Å²) in [6.45, 7) is 8.27. The predicted octanol–water partition coefficient (Wildman–Crippen LogP) is 2.37. The zero-order chi connectivity index (χ0) is 12.8. The fraction of sp³-hybridized carbons (Fsp3) is 0.786. The number of nitrogens with zero attached hydrogens (tertiary/aromatic N) is 2. The van der Waals surface area contributed by atoms with E-state index in [1.807, 2.05) is 12.5 Å². The van der Waals surface area contributed by atoms with Crippen LogP contribution < -0.4 is 5.32 Å². The zero-order valence-corrected chi connectivity index (χ0v) is 11.6. The molecule has 1 aliphatic rings. The molecular formula is C14H25N3O. The van der Waals surface area contributed by atoms with E-state index in [4.69, 9.17) is 4.74 Å². The maximum atomic E-state index is 5.78. The third kappa shape index (κ3) is 3.82. The van der Waals surface area contributed by atoms with Gasteiger partial charge in [-0.15, -0.1) is 0 Å². The van der Waals surface area contributed by atoms with Crippen LogP contribution in [0.5, 0.6) is 0 Å². The van der Waals surface area contributed by atoms with Gasteiger partial charge in [-0.25, -0.2) is 4.98 Å². The Morgan fingerprint density at radius 2 is 2.39 bits per heavy atom. The second-order valence-electron chi connectivity index (χ2n) is 5.47. The van der Waals surface area contributed by atoms with Gasteiger partial charge >= 0.3 is 0 Å². The molecule has 1 atom stereocenters. The first-order valence-electron chi connectivity index (χ1n) is 7.09. The van der Waals surface area contributed by atoms with E-state index >= 15 is 0 Å². The van der Waals surface area contributed by atoms with Gasteiger partial charge in [-0.1, -0.05) is 26.7 Å². The van der Waals surface area contributed by atoms with Gasteiger partial charge < -0.3 is 14.6 Å². The fourth-order valence-corrected chi connectivity index (χ4v) is 2.38. The first-order chi connectivity index (χ1) is 8.77. The number of nitrogens with one attached hydrogen (secondary N) is 1. The van der Waals surface area contributed by atoms with Crippen molar-refractivity contribution in [1.82, 2.24) is 14.9 Å². The molecule has 102 valence electrons. The van der Waals surface area contributed by atoms with Gasteiger partial charge in [-0.05, 0) is 12.3 Å². The summed E-state index contributed by atoms with van der Waals surface area (Å²) >= 11 is 0. The molecule has 1 aliphatic heterocycles. The van der Waals surface area contributed by atoms with Crippen molar-refractivity contribution in [3.8, 4) is 0 Å². The molecule has 1 fully saturated rings. The third-order valence-corrected chi connectivity index (χ3v) is 3.43. The molecular weight excluding hydrogens is 226 g/mol. The number of ether oxygens (including phenoxy) is 1. The zero-order valence-electron chi connectivity index (χ0n) is 11.6. The molecule has 1 N–H and O–H groups in total. The van der Waals surface area contributed by atoms with Gasteiger partial charge in [0.1, 0.15) is 6.10 Å². The molecule has 2 heterocycles. The number of morpholine rings is 1. The van der Waals surface area contributed by atoms with Crippen LogP contribution in [0.4, 0.5) is 0 Å². The summed E-state index contributed by atoms with van der Waals surface area (Å²) in [6.07, 6.45) is 7.88. The minimum absolute atomic E-state index is 0.173. The Hall–Kier alpha value is -0.870. The SMILES string of the molecule is CC(C)CCCCn1cncc1C1CNCCO1. The van der Waals surface area contributed by atoms with Gasteiger partial charge in [0.25, 0.3) is 0 Å². The molecule has 4 nitrogen and oxygen atoms in total. The van der Waals surface area contributed by atoms with E-state index in [0.29, 0.717) is 0 Å². The molecule has 0 spiro atoms. The van der Waals surface area contributed by atoms with Gasteiger partial charge in [-0.2, -0.15) is 0 Å². The summed E-state index contributed by atoms with van der Waals surface area (Å²) in [6, 6.07) is 0. The molecule has 4 heteroatoms. The molecule has 1 unspecified atom stereocenters. The Kier molecular flexibility index (Phi) is 5.20. The van der Waals surface area contributed by atoms with Gasteiger partial charge in [0.2, 0.25) is 0 Å². The lowest BCUT2D eigenvalue weighted by atomic mass is 10.1. The van der Waals surface area contributed by atoms with E-state index in [-0.39, 0.29) is 6.10 Å². The first-order valence-corrected chi connectivity index (χ1v) is 7.09. The normalized spacial score (nSPS) is 20.5. The molecule has 0 aliphatic carbocycles. The number of hydrogen-bond acceptors (Lipinski definition) is 3. The number of imidazole rings is 1. The van der Waals surface area contributed by atoms with Crippen molar-refractivity contribution in [2.75, 3.05) is 19.7 Å². The Balaban J connectivity index is 1.83. The number of rotatable bonds is 6. The third-order valence-electron chi connectivity index (χ3n) is 3.43. The van der Waals surface area contributed by atoms with Crippen molar-refractivity contribution < 1.29 is 4.74 Å². The lowest BCUT2D eigenvalue weighted by molar-refractivity contribution is 0.0227. The second-order valence-corrected chi connectivity index (χ2v) is 5.47. The van der Waals surface area contributed by atoms with Crippen LogP contribution in [0.2, 0.25) is 0 Å². The molecule has 1 aromatic rings. The minimum atomic E-state index is 0.173. The highest BCUT2D eigenvalue weighted by molar-refractivity contribution is 5.04. The lowest BCUT2D eigenvalue weighted by Gasteiger charge is -2.24. The monoisotopic (exact) mass is 251 g/mol. The molecule has 0 radical (unpaired) electrons. The molecule has 18 heavy (non-hydrogen) atoms. The Morgan fingerprint density at radius 3 is 3.11 bits per heavy atom. The van der Waals surface area contributed by atoms with E-state index in [1.165, 1.54) is 25.0 Å². The highest BCUT2D eigenvalue weighted by atomic mass is 16.5. The van der Waals surface area contributed by atoms with Crippen molar-refractivity contribution in [3.05, 3.63) is 18.2 Å². The van der Waals surface area contributed by atoms with Crippen LogP contribution in [-0.4, -0.2) is 29.2 Å². The topological polar surface area (TPSA) is 39.1 Å². The Morgan fingerprint density at radius 1 is 1.50 bits per heavy atom. The van der Waals surface area contributed by atoms with E-state index in [9.17, 15) is 0 Å². The van der Waals surface area contributed by atoms with Crippen molar-refractivity contribution in [3.63, 3.8) is 0 Å². The molecule has 1 aromatic heterocycles. The van der Waals surface area contributed by atoms with Crippen LogP contribution in [0.1, 0.15) is 44.9 Å². The molecule has 2 rings (SSSR count). The number of hydrogen-bond donors (Lipinski definition) is 1. The molecule has 0 saturated carbocycles. The maximum Gasteiger partial charge on any atom is 0.111 e. The van der Waals surface area contributed by atoms with E-state index < -0.39 is 0 Å². The van der Waals surface area contributed by atoms with Crippen molar-refractivity contribution >= 4 is 0 Å². The minimum Gasteiger partial charge on any atom is -0.369 e. The number of aromatic nitrogens is 2. The summed E-state index contributed by atoms with van der Waals surface area (Å²) in [7, 11) is 0. The van der Waals surface area contributed by atoms with Crippen LogP contribution in [0.25, 0.3) is 0 Å². The van der Waals surface area contributed by atoms with Crippen LogP contribution >= 0.6 is 0 Å². The quantitative estimate of drug-likeness (QED) is 0.789. The predicted molar refractivity (Wildman–Crippen MR) is 72.5 cm³/mol. The van der Waals surface area contributed by atoms with Crippen molar-refractivity contribution in [2.24, 2.45) is 5.92 Å². The van der Waals surface area contributed by atoms with Crippen molar-refractivity contribution in [1.29, 1.82) is 0 Å². The largest absolute Gasteiger partial charge is 0.369 e. The number of unbranched alkanes of at least 4 members (excludes halogenated alkanes) is 1. The summed E-state index contributed by atoms with van der Waals surface area (Å²) in [5.41, 5.74) is 1.21. The van der Waals surface area contributed by atoms with E-state index in [1.54, 1.807) is 0 Å². The fourth-order valence-electron chi connectivity index (χ4n) is 2.38. The highest BCUT2D eigenvalue weighted by Gasteiger charge is 2.19. The first kappa shape index (κ1) is 13.6. The standard InChI is InChI=1S/C14H25N3O/c1-12(2)5-3-4-7-17-11-16-9-13(17)14-10-15-6-8-18-14/h9,11-12,14-15H,3-8,10H2,1-2H3. The number of aryl methyl sites for hydroxylation is 1. The summed E-state index contributed by atoms with van der Waals surface area (Å²) in [5, 5.41) is 3.37. The van der Waals surface area contributed by atoms with Gasteiger partial charge in [-0.3, -0.25) is 0 Å². The van der Waals surface area contributed by atoms with Gasteiger partial charge in [0, 0.05) is 19.6 Å². The van der Waals surface area contributed by atoms with Crippen LogP contribution in [-0.2, 0) is 11.3 Å². The Labute approximate surface area is 110 Å². The van der Waals surface area contributed by atoms with Crippen LogP contribution in [0, 0.1) is 5.92 Å². The smallest absolute Gasteiger partial charge is 0.111 e. The summed E-state index contributed by atoms with van der Waals surface area (Å²) in [4.78, 5) is 4.27. The lowest BCUT2D eigenvalue weighted by Crippen LogP contribution is -2.34. The van der Waals surface area contributed by atoms with Crippen LogP contribution in [0.15, 0.2) is 12.5 Å². The van der Waals surface area contributed by atoms with E-state index in [2.05, 4.69) is 28.7 Å². The second kappa shape index (κ2) is 6.90. The highest BCUT2D eigenvalue weighted by Crippen LogP contribution is 2.19. The maximum absolute atomic E-state index is 5.78. The average Bonchev–Trinajstić information content (AvgIpc) is 2.84. The summed E-state index contributed by atoms with van der Waals surface area (Å²) in [5.74, 6) is 0.804. The molecule has 0 bridgehead atoms.